The van der Waals surface area contributed by atoms with E-state index in [1.807, 2.05) is 30.3 Å². The molecule has 0 aliphatic carbocycles. The van der Waals surface area contributed by atoms with Gasteiger partial charge in [-0.25, -0.2) is 0 Å². The van der Waals surface area contributed by atoms with Gasteiger partial charge in [-0.3, -0.25) is 4.79 Å². The first-order valence-corrected chi connectivity index (χ1v) is 6.16. The second kappa shape index (κ2) is 6.40. The van der Waals surface area contributed by atoms with Crippen LogP contribution in [-0.2, 0) is 20.9 Å². The number of carbonyl (C=O) groups excluding carboxylic acids is 1. The lowest BCUT2D eigenvalue weighted by molar-refractivity contribution is -0.149. The minimum atomic E-state index is -0.166. The molecule has 0 amide bonds. The molecule has 3 heteroatoms. The van der Waals surface area contributed by atoms with E-state index in [9.17, 15) is 4.79 Å². The molecule has 17 heavy (non-hydrogen) atoms. The molecular formula is C14H18O3. The first kappa shape index (κ1) is 12.1. The molecule has 1 saturated heterocycles. The average molecular weight is 234 g/mol. The quantitative estimate of drug-likeness (QED) is 0.751. The molecule has 0 saturated carbocycles. The summed E-state index contributed by atoms with van der Waals surface area (Å²) in [5.74, 6) is -0.166. The lowest BCUT2D eigenvalue weighted by Crippen LogP contribution is -2.23. The maximum atomic E-state index is 11.6. The van der Waals surface area contributed by atoms with Crippen molar-refractivity contribution in [2.45, 2.75) is 38.4 Å². The molecule has 0 spiro atoms. The van der Waals surface area contributed by atoms with E-state index >= 15 is 0 Å². The summed E-state index contributed by atoms with van der Waals surface area (Å²) in [5.41, 5.74) is 1.02. The van der Waals surface area contributed by atoms with Gasteiger partial charge in [0.1, 0.15) is 6.61 Å². The Morgan fingerprint density at radius 3 is 2.82 bits per heavy atom. The molecule has 1 aliphatic rings. The molecule has 1 atom stereocenters. The van der Waals surface area contributed by atoms with Crippen LogP contribution in [0.4, 0.5) is 0 Å². The molecule has 0 N–H and O–H groups in total. The second-order valence-corrected chi connectivity index (χ2v) is 4.34. The number of hydrogen-bond donors (Lipinski definition) is 0. The Balaban J connectivity index is 1.70. The predicted molar refractivity (Wildman–Crippen MR) is 64.4 cm³/mol. The molecule has 0 radical (unpaired) electrons. The Morgan fingerprint density at radius 1 is 1.29 bits per heavy atom. The first-order valence-electron chi connectivity index (χ1n) is 6.16. The SMILES string of the molecule is O=C(CC1CCCCO1)OCc1ccccc1. The van der Waals surface area contributed by atoms with Gasteiger partial charge in [-0.2, -0.15) is 0 Å². The molecule has 0 aromatic heterocycles. The smallest absolute Gasteiger partial charge is 0.308 e. The highest BCUT2D eigenvalue weighted by molar-refractivity contribution is 5.70. The van der Waals surface area contributed by atoms with Gasteiger partial charge in [0.25, 0.3) is 0 Å². The van der Waals surface area contributed by atoms with Crippen LogP contribution in [0.1, 0.15) is 31.2 Å². The van der Waals surface area contributed by atoms with Crippen LogP contribution in [0.2, 0.25) is 0 Å². The lowest BCUT2D eigenvalue weighted by atomic mass is 10.1. The van der Waals surface area contributed by atoms with Gasteiger partial charge in [0.05, 0.1) is 12.5 Å². The predicted octanol–water partition coefficient (Wildman–Crippen LogP) is 2.69. The third-order valence-electron chi connectivity index (χ3n) is 2.91. The van der Waals surface area contributed by atoms with Crippen molar-refractivity contribution < 1.29 is 14.3 Å². The van der Waals surface area contributed by atoms with Gasteiger partial charge in [0.15, 0.2) is 0 Å². The zero-order valence-electron chi connectivity index (χ0n) is 9.93. The van der Waals surface area contributed by atoms with Crippen LogP contribution in [0.3, 0.4) is 0 Å². The molecule has 1 aromatic carbocycles. The van der Waals surface area contributed by atoms with Crippen LogP contribution >= 0.6 is 0 Å². The number of carbonyl (C=O) groups is 1. The molecular weight excluding hydrogens is 216 g/mol. The Kier molecular flexibility index (Phi) is 4.56. The van der Waals surface area contributed by atoms with Crippen LogP contribution < -0.4 is 0 Å². The Morgan fingerprint density at radius 2 is 2.12 bits per heavy atom. The van der Waals surface area contributed by atoms with E-state index in [1.165, 1.54) is 0 Å². The fourth-order valence-electron chi connectivity index (χ4n) is 1.95. The van der Waals surface area contributed by atoms with Crippen LogP contribution in [0, 0.1) is 0 Å². The van der Waals surface area contributed by atoms with Crippen molar-refractivity contribution in [3.8, 4) is 0 Å². The Hall–Kier alpha value is -1.35. The number of esters is 1. The molecule has 1 heterocycles. The van der Waals surface area contributed by atoms with E-state index < -0.39 is 0 Å². The summed E-state index contributed by atoms with van der Waals surface area (Å²) in [6.07, 6.45) is 3.67. The summed E-state index contributed by atoms with van der Waals surface area (Å²) in [7, 11) is 0. The van der Waals surface area contributed by atoms with Crippen molar-refractivity contribution in [2.24, 2.45) is 0 Å². The Bertz CT molecular complexity index is 342. The minimum absolute atomic E-state index is 0.0621. The van der Waals surface area contributed by atoms with Gasteiger partial charge in [-0.05, 0) is 24.8 Å². The van der Waals surface area contributed by atoms with Crippen LogP contribution in [-0.4, -0.2) is 18.7 Å². The highest BCUT2D eigenvalue weighted by Gasteiger charge is 2.18. The molecule has 1 aromatic rings. The highest BCUT2D eigenvalue weighted by Crippen LogP contribution is 2.16. The first-order chi connectivity index (χ1) is 8.34. The topological polar surface area (TPSA) is 35.5 Å². The van der Waals surface area contributed by atoms with Crippen molar-refractivity contribution >= 4 is 5.97 Å². The van der Waals surface area contributed by atoms with Gasteiger partial charge in [0, 0.05) is 6.61 Å². The summed E-state index contributed by atoms with van der Waals surface area (Å²) in [4.78, 5) is 11.6. The fourth-order valence-corrected chi connectivity index (χ4v) is 1.95. The average Bonchev–Trinajstić information content (AvgIpc) is 2.39. The third-order valence-corrected chi connectivity index (χ3v) is 2.91. The van der Waals surface area contributed by atoms with Crippen LogP contribution in [0.25, 0.3) is 0 Å². The number of rotatable bonds is 4. The maximum absolute atomic E-state index is 11.6. The van der Waals surface area contributed by atoms with Crippen molar-refractivity contribution in [1.82, 2.24) is 0 Å². The van der Waals surface area contributed by atoms with Crippen LogP contribution in [0.15, 0.2) is 30.3 Å². The molecule has 2 rings (SSSR count). The van der Waals surface area contributed by atoms with Crippen molar-refractivity contribution in [3.63, 3.8) is 0 Å². The van der Waals surface area contributed by atoms with Crippen molar-refractivity contribution in [2.75, 3.05) is 6.61 Å². The Labute approximate surface area is 102 Å². The van der Waals surface area contributed by atoms with Gasteiger partial charge in [0.2, 0.25) is 0 Å². The van der Waals surface area contributed by atoms with Crippen molar-refractivity contribution in [1.29, 1.82) is 0 Å². The van der Waals surface area contributed by atoms with E-state index in [4.69, 9.17) is 9.47 Å². The lowest BCUT2D eigenvalue weighted by Gasteiger charge is -2.21. The van der Waals surface area contributed by atoms with Crippen molar-refractivity contribution in [3.05, 3.63) is 35.9 Å². The van der Waals surface area contributed by atoms with E-state index in [0.29, 0.717) is 13.0 Å². The molecule has 1 unspecified atom stereocenters. The van der Waals surface area contributed by atoms with E-state index in [0.717, 1.165) is 31.4 Å². The summed E-state index contributed by atoms with van der Waals surface area (Å²) in [5, 5.41) is 0. The maximum Gasteiger partial charge on any atom is 0.308 e. The number of ether oxygens (including phenoxy) is 2. The molecule has 1 aliphatic heterocycles. The van der Waals surface area contributed by atoms with Gasteiger partial charge in [-0.15, -0.1) is 0 Å². The summed E-state index contributed by atoms with van der Waals surface area (Å²) in [6, 6.07) is 9.72. The van der Waals surface area contributed by atoms with E-state index in [2.05, 4.69) is 0 Å². The van der Waals surface area contributed by atoms with Crippen LogP contribution in [0.5, 0.6) is 0 Å². The monoisotopic (exact) mass is 234 g/mol. The summed E-state index contributed by atoms with van der Waals surface area (Å²) < 4.78 is 10.7. The zero-order chi connectivity index (χ0) is 11.9. The number of hydrogen-bond acceptors (Lipinski definition) is 3. The molecule has 3 nitrogen and oxygen atoms in total. The zero-order valence-corrected chi connectivity index (χ0v) is 9.93. The van der Waals surface area contributed by atoms with E-state index in [-0.39, 0.29) is 12.1 Å². The van der Waals surface area contributed by atoms with Gasteiger partial charge in [-0.1, -0.05) is 30.3 Å². The summed E-state index contributed by atoms with van der Waals surface area (Å²) >= 11 is 0. The number of benzene rings is 1. The normalized spacial score (nSPS) is 19.9. The van der Waals surface area contributed by atoms with E-state index in [1.54, 1.807) is 0 Å². The second-order valence-electron chi connectivity index (χ2n) is 4.34. The highest BCUT2D eigenvalue weighted by atomic mass is 16.5. The molecule has 0 bridgehead atoms. The molecule has 1 fully saturated rings. The standard InChI is InChI=1S/C14H18O3/c15-14(10-13-8-4-5-9-16-13)17-11-12-6-2-1-3-7-12/h1-3,6-7,13H,4-5,8-11H2. The fraction of sp³-hybridized carbons (Fsp3) is 0.500. The third kappa shape index (κ3) is 4.19. The van der Waals surface area contributed by atoms with Gasteiger partial charge >= 0.3 is 5.97 Å². The summed E-state index contributed by atoms with van der Waals surface area (Å²) in [6.45, 7) is 1.13. The van der Waals surface area contributed by atoms with Gasteiger partial charge < -0.3 is 9.47 Å². The largest absolute Gasteiger partial charge is 0.461 e. The minimum Gasteiger partial charge on any atom is -0.461 e. The molecule has 92 valence electrons.